The molecule has 0 heterocycles. The molecule has 15 heavy (non-hydrogen) atoms. The zero-order valence-corrected chi connectivity index (χ0v) is 8.51. The minimum absolute atomic E-state index is 0.0809. The Morgan fingerprint density at radius 1 is 1.33 bits per heavy atom. The van der Waals surface area contributed by atoms with E-state index in [1.807, 2.05) is 0 Å². The van der Waals surface area contributed by atoms with Gasteiger partial charge in [0.2, 0.25) is 0 Å². The highest BCUT2D eigenvalue weighted by atomic mass is 16.5. The molecule has 0 fully saturated rings. The summed E-state index contributed by atoms with van der Waals surface area (Å²) < 4.78 is 5.27. The molecule has 1 aromatic carbocycles. The van der Waals surface area contributed by atoms with E-state index in [1.165, 1.54) is 6.92 Å². The quantitative estimate of drug-likeness (QED) is 0.653. The summed E-state index contributed by atoms with van der Waals surface area (Å²) in [6.45, 7) is 1.85. The van der Waals surface area contributed by atoms with Crippen LogP contribution in [0.15, 0.2) is 24.3 Å². The number of Topliss-reactive ketones (excluding diaryl/α,β-unsaturated/α-hetero) is 1. The number of benzene rings is 1. The minimum Gasteiger partial charge on any atom is -0.493 e. The van der Waals surface area contributed by atoms with Gasteiger partial charge in [0, 0.05) is 6.42 Å². The Hall–Kier alpha value is -1.33. The van der Waals surface area contributed by atoms with Crippen LogP contribution in [-0.2, 0) is 4.79 Å². The van der Waals surface area contributed by atoms with Crippen molar-refractivity contribution in [2.45, 2.75) is 13.3 Å². The second-order valence-electron chi connectivity index (χ2n) is 3.24. The van der Waals surface area contributed by atoms with E-state index in [2.05, 4.69) is 0 Å². The van der Waals surface area contributed by atoms with E-state index >= 15 is 0 Å². The fourth-order valence-corrected chi connectivity index (χ4v) is 1.05. The van der Waals surface area contributed by atoms with E-state index in [0.29, 0.717) is 24.2 Å². The zero-order chi connectivity index (χ0) is 11.3. The van der Waals surface area contributed by atoms with Crippen LogP contribution in [0.25, 0.3) is 0 Å². The van der Waals surface area contributed by atoms with Gasteiger partial charge in [-0.1, -0.05) is 12.1 Å². The molecular formula is C10H13BO4. The molecule has 5 heteroatoms. The minimum atomic E-state index is -1.46. The normalized spacial score (nSPS) is 9.80. The summed E-state index contributed by atoms with van der Waals surface area (Å²) in [7, 11) is -1.46. The van der Waals surface area contributed by atoms with Crippen molar-refractivity contribution < 1.29 is 19.6 Å². The average Bonchev–Trinajstić information content (AvgIpc) is 2.18. The highest BCUT2D eigenvalue weighted by Crippen LogP contribution is 2.07. The third kappa shape index (κ3) is 4.14. The Morgan fingerprint density at radius 3 is 2.40 bits per heavy atom. The van der Waals surface area contributed by atoms with E-state index in [4.69, 9.17) is 14.8 Å². The molecule has 2 N–H and O–H groups in total. The van der Waals surface area contributed by atoms with E-state index in [9.17, 15) is 4.79 Å². The smallest absolute Gasteiger partial charge is 0.488 e. The van der Waals surface area contributed by atoms with Crippen molar-refractivity contribution in [2.24, 2.45) is 0 Å². The standard InChI is InChI=1S/C10H13BO4/c1-8(12)6-7-15-10-4-2-9(3-5-10)11(13)14/h2-5,13-14H,6-7H2,1H3. The second-order valence-corrected chi connectivity index (χ2v) is 3.24. The van der Waals surface area contributed by atoms with Crippen LogP contribution in [0, 0.1) is 0 Å². The van der Waals surface area contributed by atoms with Crippen molar-refractivity contribution in [1.29, 1.82) is 0 Å². The van der Waals surface area contributed by atoms with Gasteiger partial charge in [-0.2, -0.15) is 0 Å². The monoisotopic (exact) mass is 208 g/mol. The van der Waals surface area contributed by atoms with Gasteiger partial charge in [-0.25, -0.2) is 0 Å². The Kier molecular flexibility index (Phi) is 4.33. The van der Waals surface area contributed by atoms with Gasteiger partial charge in [-0.3, -0.25) is 4.79 Å². The molecule has 1 rings (SSSR count). The van der Waals surface area contributed by atoms with E-state index in [1.54, 1.807) is 24.3 Å². The maximum atomic E-state index is 10.6. The topological polar surface area (TPSA) is 66.8 Å². The van der Waals surface area contributed by atoms with Crippen molar-refractivity contribution in [3.8, 4) is 5.75 Å². The molecule has 0 aromatic heterocycles. The Bertz CT molecular complexity index is 321. The Morgan fingerprint density at radius 2 is 1.93 bits per heavy atom. The lowest BCUT2D eigenvalue weighted by Gasteiger charge is -2.05. The molecule has 0 aliphatic carbocycles. The average molecular weight is 208 g/mol. The van der Waals surface area contributed by atoms with Crippen LogP contribution in [-0.4, -0.2) is 29.6 Å². The fourth-order valence-electron chi connectivity index (χ4n) is 1.05. The molecule has 0 spiro atoms. The van der Waals surface area contributed by atoms with Gasteiger partial charge in [0.15, 0.2) is 0 Å². The molecule has 0 atom stereocenters. The van der Waals surface area contributed by atoms with E-state index in [0.717, 1.165) is 0 Å². The van der Waals surface area contributed by atoms with Crippen molar-refractivity contribution in [3.05, 3.63) is 24.3 Å². The summed E-state index contributed by atoms with van der Waals surface area (Å²) >= 11 is 0. The third-order valence-corrected chi connectivity index (χ3v) is 1.90. The molecule has 0 aliphatic heterocycles. The van der Waals surface area contributed by atoms with Gasteiger partial charge >= 0.3 is 7.12 Å². The van der Waals surface area contributed by atoms with Gasteiger partial charge in [-0.15, -0.1) is 0 Å². The summed E-state index contributed by atoms with van der Waals surface area (Å²) in [6, 6.07) is 6.39. The summed E-state index contributed by atoms with van der Waals surface area (Å²) in [5.41, 5.74) is 0.411. The Balaban J connectivity index is 2.46. The highest BCUT2D eigenvalue weighted by molar-refractivity contribution is 6.58. The zero-order valence-electron chi connectivity index (χ0n) is 8.51. The van der Waals surface area contributed by atoms with Crippen LogP contribution >= 0.6 is 0 Å². The molecule has 0 saturated heterocycles. The molecule has 0 saturated carbocycles. The SMILES string of the molecule is CC(=O)CCOc1ccc(B(O)O)cc1. The maximum absolute atomic E-state index is 10.6. The Labute approximate surface area is 88.6 Å². The van der Waals surface area contributed by atoms with Gasteiger partial charge in [-0.05, 0) is 24.5 Å². The first-order chi connectivity index (χ1) is 7.09. The largest absolute Gasteiger partial charge is 0.493 e. The number of carbonyl (C=O) groups is 1. The van der Waals surface area contributed by atoms with Crippen molar-refractivity contribution in [3.63, 3.8) is 0 Å². The van der Waals surface area contributed by atoms with Crippen LogP contribution < -0.4 is 10.2 Å². The van der Waals surface area contributed by atoms with Crippen molar-refractivity contribution in [2.75, 3.05) is 6.61 Å². The highest BCUT2D eigenvalue weighted by Gasteiger charge is 2.09. The molecule has 1 aromatic rings. The van der Waals surface area contributed by atoms with Gasteiger partial charge in [0.25, 0.3) is 0 Å². The summed E-state index contributed by atoms with van der Waals surface area (Å²) in [5, 5.41) is 17.7. The van der Waals surface area contributed by atoms with Crippen molar-refractivity contribution >= 4 is 18.4 Å². The summed E-state index contributed by atoms with van der Waals surface area (Å²) in [6.07, 6.45) is 0.379. The third-order valence-electron chi connectivity index (χ3n) is 1.90. The number of hydrogen-bond acceptors (Lipinski definition) is 4. The molecule has 0 bridgehead atoms. The van der Waals surface area contributed by atoms with Crippen LogP contribution in [0.2, 0.25) is 0 Å². The second kappa shape index (κ2) is 5.53. The van der Waals surface area contributed by atoms with Gasteiger partial charge in [0.1, 0.15) is 11.5 Å². The van der Waals surface area contributed by atoms with Crippen molar-refractivity contribution in [1.82, 2.24) is 0 Å². The summed E-state index contributed by atoms with van der Waals surface area (Å²) in [5.74, 6) is 0.693. The fraction of sp³-hybridized carbons (Fsp3) is 0.300. The lowest BCUT2D eigenvalue weighted by molar-refractivity contribution is -0.117. The molecule has 0 amide bonds. The number of ketones is 1. The molecule has 0 unspecified atom stereocenters. The maximum Gasteiger partial charge on any atom is 0.488 e. The lowest BCUT2D eigenvalue weighted by atomic mass is 9.80. The molecular weight excluding hydrogens is 195 g/mol. The summed E-state index contributed by atoms with van der Waals surface area (Å²) in [4.78, 5) is 10.6. The first-order valence-electron chi connectivity index (χ1n) is 4.68. The van der Waals surface area contributed by atoms with Crippen LogP contribution in [0.3, 0.4) is 0 Å². The van der Waals surface area contributed by atoms with Gasteiger partial charge in [0.05, 0.1) is 6.61 Å². The predicted octanol–water partition coefficient (Wildman–Crippen LogP) is -0.276. The predicted molar refractivity (Wildman–Crippen MR) is 57.1 cm³/mol. The first kappa shape index (κ1) is 11.7. The van der Waals surface area contributed by atoms with E-state index in [-0.39, 0.29) is 5.78 Å². The van der Waals surface area contributed by atoms with E-state index < -0.39 is 7.12 Å². The number of rotatable bonds is 5. The molecule has 80 valence electrons. The molecule has 4 nitrogen and oxygen atoms in total. The van der Waals surface area contributed by atoms with Crippen LogP contribution in [0.4, 0.5) is 0 Å². The van der Waals surface area contributed by atoms with Gasteiger partial charge < -0.3 is 14.8 Å². The molecule has 0 radical (unpaired) electrons. The molecule has 0 aliphatic rings. The number of ether oxygens (including phenoxy) is 1. The first-order valence-corrected chi connectivity index (χ1v) is 4.68. The number of carbonyl (C=O) groups excluding carboxylic acids is 1. The van der Waals surface area contributed by atoms with Crippen LogP contribution in [0.5, 0.6) is 5.75 Å². The van der Waals surface area contributed by atoms with Crippen LogP contribution in [0.1, 0.15) is 13.3 Å². The lowest BCUT2D eigenvalue weighted by Crippen LogP contribution is -2.29. The number of hydrogen-bond donors (Lipinski definition) is 2.